The standard InChI is InChI=1S/C9H15N3O6/c1-4(9(17)18)12-6(13)3-11-8(16)5(10)2-7(14)15/h4-5H,2-3,10H2,1H3,(H,11,16)(H,12,13)(H,14,15)(H,17,18). The van der Waals surface area contributed by atoms with Gasteiger partial charge >= 0.3 is 11.9 Å². The number of carboxylic acids is 2. The van der Waals surface area contributed by atoms with Gasteiger partial charge < -0.3 is 26.6 Å². The minimum Gasteiger partial charge on any atom is -0.481 e. The third-order valence-corrected chi connectivity index (χ3v) is 1.90. The fourth-order valence-electron chi connectivity index (χ4n) is 0.934. The first-order valence-corrected chi connectivity index (χ1v) is 5.01. The van der Waals surface area contributed by atoms with Gasteiger partial charge in [-0.3, -0.25) is 19.2 Å². The van der Waals surface area contributed by atoms with Gasteiger partial charge in [0, 0.05) is 0 Å². The molecule has 0 saturated heterocycles. The van der Waals surface area contributed by atoms with Gasteiger partial charge in [-0.05, 0) is 6.92 Å². The molecule has 102 valence electrons. The molecule has 18 heavy (non-hydrogen) atoms. The van der Waals surface area contributed by atoms with Crippen molar-refractivity contribution in [2.45, 2.75) is 25.4 Å². The van der Waals surface area contributed by atoms with E-state index in [4.69, 9.17) is 15.9 Å². The molecule has 2 unspecified atom stereocenters. The maximum atomic E-state index is 11.2. The zero-order valence-electron chi connectivity index (χ0n) is 9.67. The molecule has 0 rings (SSSR count). The van der Waals surface area contributed by atoms with Gasteiger partial charge in [-0.15, -0.1) is 0 Å². The number of nitrogens with two attached hydrogens (primary N) is 1. The SMILES string of the molecule is CC(NC(=O)CNC(=O)C(N)CC(=O)O)C(=O)O. The molecule has 0 aromatic carbocycles. The molecule has 0 aromatic heterocycles. The second-order valence-corrected chi connectivity index (χ2v) is 3.55. The zero-order valence-corrected chi connectivity index (χ0v) is 9.67. The molecular formula is C9H15N3O6. The highest BCUT2D eigenvalue weighted by atomic mass is 16.4. The molecule has 9 nitrogen and oxygen atoms in total. The zero-order chi connectivity index (χ0) is 14.3. The molecule has 2 atom stereocenters. The first-order valence-electron chi connectivity index (χ1n) is 5.01. The van der Waals surface area contributed by atoms with Crippen LogP contribution in [0.5, 0.6) is 0 Å². The van der Waals surface area contributed by atoms with Crippen LogP contribution in [0.15, 0.2) is 0 Å². The molecule has 9 heteroatoms. The van der Waals surface area contributed by atoms with Crippen LogP contribution in [0.4, 0.5) is 0 Å². The normalized spacial score (nSPS) is 13.2. The third kappa shape index (κ3) is 6.43. The Bertz CT molecular complexity index is 356. The van der Waals surface area contributed by atoms with Gasteiger partial charge in [0.1, 0.15) is 6.04 Å². The number of amides is 2. The number of aliphatic carboxylic acids is 2. The number of carboxylic acid groups (broad SMARTS) is 2. The second kappa shape index (κ2) is 7.22. The summed E-state index contributed by atoms with van der Waals surface area (Å²) in [4.78, 5) is 43.1. The summed E-state index contributed by atoms with van der Waals surface area (Å²) in [7, 11) is 0. The third-order valence-electron chi connectivity index (χ3n) is 1.90. The predicted molar refractivity (Wildman–Crippen MR) is 58.5 cm³/mol. The van der Waals surface area contributed by atoms with E-state index < -0.39 is 48.8 Å². The Morgan fingerprint density at radius 2 is 1.78 bits per heavy atom. The first kappa shape index (κ1) is 15.8. The minimum atomic E-state index is -1.26. The van der Waals surface area contributed by atoms with E-state index in [1.54, 1.807) is 0 Å². The van der Waals surface area contributed by atoms with Crippen LogP contribution in [0, 0.1) is 0 Å². The van der Waals surface area contributed by atoms with Gasteiger partial charge in [0.2, 0.25) is 11.8 Å². The molecular weight excluding hydrogens is 246 g/mol. The topological polar surface area (TPSA) is 159 Å². The van der Waals surface area contributed by atoms with Crippen molar-refractivity contribution in [3.63, 3.8) is 0 Å². The molecule has 0 aliphatic carbocycles. The number of hydrogen-bond acceptors (Lipinski definition) is 5. The quantitative estimate of drug-likeness (QED) is 0.338. The van der Waals surface area contributed by atoms with Crippen LogP contribution >= 0.6 is 0 Å². The molecule has 0 saturated carbocycles. The van der Waals surface area contributed by atoms with Crippen molar-refractivity contribution in [2.75, 3.05) is 6.54 Å². The fraction of sp³-hybridized carbons (Fsp3) is 0.556. The molecule has 2 amide bonds. The summed E-state index contributed by atoms with van der Waals surface area (Å²) in [6.07, 6.45) is -0.557. The number of hydrogen-bond donors (Lipinski definition) is 5. The van der Waals surface area contributed by atoms with E-state index in [1.165, 1.54) is 6.92 Å². The molecule has 0 fully saturated rings. The van der Waals surface area contributed by atoms with Gasteiger partial charge in [0.25, 0.3) is 0 Å². The Hall–Kier alpha value is -2.16. The Labute approximate surface area is 102 Å². The molecule has 0 heterocycles. The van der Waals surface area contributed by atoms with E-state index >= 15 is 0 Å². The molecule has 6 N–H and O–H groups in total. The summed E-state index contributed by atoms with van der Waals surface area (Å²) in [6.45, 7) is 0.794. The number of carbonyl (C=O) groups excluding carboxylic acids is 2. The Balaban J connectivity index is 4.02. The van der Waals surface area contributed by atoms with Gasteiger partial charge in [0.15, 0.2) is 0 Å². The lowest BCUT2D eigenvalue weighted by Crippen LogP contribution is -2.48. The van der Waals surface area contributed by atoms with Gasteiger partial charge in [-0.2, -0.15) is 0 Å². The minimum absolute atomic E-state index is 0.468. The van der Waals surface area contributed by atoms with Gasteiger partial charge in [-0.25, -0.2) is 0 Å². The van der Waals surface area contributed by atoms with E-state index in [1.807, 2.05) is 0 Å². The van der Waals surface area contributed by atoms with Crippen molar-refractivity contribution in [3.05, 3.63) is 0 Å². The number of carbonyl (C=O) groups is 4. The van der Waals surface area contributed by atoms with Crippen LogP contribution in [0.25, 0.3) is 0 Å². The molecule has 0 spiro atoms. The Morgan fingerprint density at radius 1 is 1.22 bits per heavy atom. The second-order valence-electron chi connectivity index (χ2n) is 3.55. The average Bonchev–Trinajstić information content (AvgIpc) is 2.24. The number of rotatable bonds is 7. The highest BCUT2D eigenvalue weighted by Crippen LogP contribution is 1.88. The monoisotopic (exact) mass is 261 g/mol. The Morgan fingerprint density at radius 3 is 2.22 bits per heavy atom. The van der Waals surface area contributed by atoms with E-state index in [-0.39, 0.29) is 0 Å². The van der Waals surface area contributed by atoms with Crippen molar-refractivity contribution in [1.82, 2.24) is 10.6 Å². The lowest BCUT2D eigenvalue weighted by atomic mass is 10.2. The molecule has 0 aliphatic rings. The van der Waals surface area contributed by atoms with Crippen molar-refractivity contribution >= 4 is 23.8 Å². The summed E-state index contributed by atoms with van der Waals surface area (Å²) in [5, 5.41) is 21.1. The van der Waals surface area contributed by atoms with Crippen LogP contribution in [0.1, 0.15) is 13.3 Å². The van der Waals surface area contributed by atoms with Crippen LogP contribution < -0.4 is 16.4 Å². The van der Waals surface area contributed by atoms with E-state index in [9.17, 15) is 19.2 Å². The summed E-state index contributed by atoms with van der Waals surface area (Å²) in [5.74, 6) is -3.95. The molecule has 0 aliphatic heterocycles. The molecule has 0 aromatic rings. The summed E-state index contributed by atoms with van der Waals surface area (Å²) in [6, 6.07) is -2.34. The van der Waals surface area contributed by atoms with Crippen LogP contribution in [-0.4, -0.2) is 52.6 Å². The van der Waals surface area contributed by atoms with Crippen molar-refractivity contribution in [1.29, 1.82) is 0 Å². The lowest BCUT2D eigenvalue weighted by molar-refractivity contribution is -0.141. The van der Waals surface area contributed by atoms with Crippen molar-refractivity contribution in [3.8, 4) is 0 Å². The van der Waals surface area contributed by atoms with Crippen LogP contribution in [0.2, 0.25) is 0 Å². The van der Waals surface area contributed by atoms with E-state index in [0.29, 0.717) is 0 Å². The van der Waals surface area contributed by atoms with E-state index in [0.717, 1.165) is 0 Å². The van der Waals surface area contributed by atoms with Crippen molar-refractivity contribution < 1.29 is 29.4 Å². The van der Waals surface area contributed by atoms with Crippen molar-refractivity contribution in [2.24, 2.45) is 5.73 Å². The molecule has 0 bridgehead atoms. The Kier molecular flexibility index (Phi) is 6.35. The summed E-state index contributed by atoms with van der Waals surface area (Å²) < 4.78 is 0. The average molecular weight is 261 g/mol. The van der Waals surface area contributed by atoms with Gasteiger partial charge in [0.05, 0.1) is 19.0 Å². The van der Waals surface area contributed by atoms with E-state index in [2.05, 4.69) is 10.6 Å². The summed E-state index contributed by atoms with van der Waals surface area (Å²) >= 11 is 0. The summed E-state index contributed by atoms with van der Waals surface area (Å²) in [5.41, 5.74) is 5.24. The smallest absolute Gasteiger partial charge is 0.325 e. The lowest BCUT2D eigenvalue weighted by Gasteiger charge is -2.12. The highest BCUT2D eigenvalue weighted by molar-refractivity contribution is 5.90. The first-order chi connectivity index (χ1) is 8.23. The van der Waals surface area contributed by atoms with Gasteiger partial charge in [-0.1, -0.05) is 0 Å². The predicted octanol–water partition coefficient (Wildman–Crippen LogP) is -2.51. The van der Waals surface area contributed by atoms with Crippen LogP contribution in [0.3, 0.4) is 0 Å². The largest absolute Gasteiger partial charge is 0.481 e. The number of nitrogens with one attached hydrogen (secondary N) is 2. The maximum Gasteiger partial charge on any atom is 0.325 e. The fourth-order valence-corrected chi connectivity index (χ4v) is 0.934. The highest BCUT2D eigenvalue weighted by Gasteiger charge is 2.18. The maximum absolute atomic E-state index is 11.2. The molecule has 0 radical (unpaired) electrons. The van der Waals surface area contributed by atoms with Crippen LogP contribution in [-0.2, 0) is 19.2 Å².